The van der Waals surface area contributed by atoms with Gasteiger partial charge in [0, 0.05) is 12.1 Å². The molecule has 1 saturated heterocycles. The lowest BCUT2D eigenvalue weighted by molar-refractivity contribution is 0.172. The van der Waals surface area contributed by atoms with Crippen molar-refractivity contribution >= 4 is 53.0 Å². The standard InChI is InChI=1S/C30H32Cl2N6O2S/c1-39-26-14-13-21(17-27(26)40-2)19-33-38-28(35-37(30(38)41)20-36-15-6-3-7-16-36)18-22-9-4-5-12-25(22)34-29-23(31)10-8-11-24(29)32/h4-5,8-14,17,19,34H,3,6-7,15-16,18,20H2,1-2H3/b33-19+. The molecule has 8 nitrogen and oxygen atoms in total. The molecule has 4 aromatic rings. The number of ether oxygens (including phenoxy) is 2. The molecule has 0 unspecified atom stereocenters. The van der Waals surface area contributed by atoms with E-state index in [1.54, 1.807) is 37.2 Å². The number of methoxy groups -OCH3 is 2. The number of hydrogen-bond donors (Lipinski definition) is 1. The van der Waals surface area contributed by atoms with Crippen LogP contribution in [0.1, 0.15) is 36.2 Å². The highest BCUT2D eigenvalue weighted by molar-refractivity contribution is 7.71. The Kier molecular flexibility index (Phi) is 9.61. The van der Waals surface area contributed by atoms with Crippen molar-refractivity contribution in [1.82, 2.24) is 19.4 Å². The Labute approximate surface area is 255 Å². The molecule has 0 saturated carbocycles. The molecule has 11 heteroatoms. The van der Waals surface area contributed by atoms with Gasteiger partial charge in [0.25, 0.3) is 0 Å². The molecular formula is C30H32Cl2N6O2S. The van der Waals surface area contributed by atoms with Crippen LogP contribution in [0.2, 0.25) is 10.0 Å². The predicted molar refractivity (Wildman–Crippen MR) is 168 cm³/mol. The molecule has 1 N–H and O–H groups in total. The fourth-order valence-electron chi connectivity index (χ4n) is 4.83. The molecule has 0 aliphatic carbocycles. The van der Waals surface area contributed by atoms with Gasteiger partial charge in [-0.25, -0.2) is 4.68 Å². The number of aromatic nitrogens is 3. The molecule has 0 amide bonds. The lowest BCUT2D eigenvalue weighted by Gasteiger charge is -2.25. The zero-order valence-corrected chi connectivity index (χ0v) is 25.3. The summed E-state index contributed by atoms with van der Waals surface area (Å²) in [4.78, 5) is 2.38. The first kappa shape index (κ1) is 29.1. The van der Waals surface area contributed by atoms with Gasteiger partial charge >= 0.3 is 0 Å². The van der Waals surface area contributed by atoms with E-state index in [9.17, 15) is 0 Å². The molecule has 0 atom stereocenters. The molecule has 1 fully saturated rings. The van der Waals surface area contributed by atoms with Crippen LogP contribution in [-0.2, 0) is 13.1 Å². The molecule has 41 heavy (non-hydrogen) atoms. The summed E-state index contributed by atoms with van der Waals surface area (Å²) in [6.07, 6.45) is 5.85. The average molecular weight is 612 g/mol. The lowest BCUT2D eigenvalue weighted by Crippen LogP contribution is -2.32. The van der Waals surface area contributed by atoms with Crippen molar-refractivity contribution in [2.45, 2.75) is 32.4 Å². The Bertz CT molecular complexity index is 1580. The number of likely N-dealkylation sites (tertiary alicyclic amines) is 1. The van der Waals surface area contributed by atoms with Gasteiger partial charge in [-0.15, -0.1) is 0 Å². The zero-order chi connectivity index (χ0) is 28.8. The SMILES string of the molecule is COc1ccc(/C=N/n2c(Cc3ccccc3Nc3c(Cl)cccc3Cl)nn(CN3CCCCC3)c2=S)cc1OC. The van der Waals surface area contributed by atoms with Gasteiger partial charge in [-0.1, -0.05) is 53.9 Å². The summed E-state index contributed by atoms with van der Waals surface area (Å²) in [7, 11) is 3.22. The summed E-state index contributed by atoms with van der Waals surface area (Å²) >= 11 is 18.8. The van der Waals surface area contributed by atoms with E-state index in [0.717, 1.165) is 29.9 Å². The molecule has 1 aliphatic heterocycles. The summed E-state index contributed by atoms with van der Waals surface area (Å²) in [5, 5.41) is 14.2. The highest BCUT2D eigenvalue weighted by Gasteiger charge is 2.17. The minimum Gasteiger partial charge on any atom is -0.493 e. The highest BCUT2D eigenvalue weighted by Crippen LogP contribution is 2.34. The lowest BCUT2D eigenvalue weighted by atomic mass is 10.1. The van der Waals surface area contributed by atoms with Crippen LogP contribution in [0.5, 0.6) is 11.5 Å². The maximum absolute atomic E-state index is 6.45. The van der Waals surface area contributed by atoms with Crippen molar-refractivity contribution in [3.63, 3.8) is 0 Å². The van der Waals surface area contributed by atoms with E-state index in [1.165, 1.54) is 19.3 Å². The maximum atomic E-state index is 6.45. The first-order chi connectivity index (χ1) is 20.0. The van der Waals surface area contributed by atoms with Crippen molar-refractivity contribution in [3.8, 4) is 11.5 Å². The molecule has 2 heterocycles. The second-order valence-corrected chi connectivity index (χ2v) is 10.9. The number of halogens is 2. The number of para-hydroxylation sites is 2. The van der Waals surface area contributed by atoms with Crippen molar-refractivity contribution in [3.05, 3.63) is 92.4 Å². The second kappa shape index (κ2) is 13.5. The predicted octanol–water partition coefficient (Wildman–Crippen LogP) is 7.40. The van der Waals surface area contributed by atoms with Crippen molar-refractivity contribution in [1.29, 1.82) is 0 Å². The van der Waals surface area contributed by atoms with E-state index in [4.69, 9.17) is 55.1 Å². The van der Waals surface area contributed by atoms with Crippen LogP contribution in [0.3, 0.4) is 0 Å². The third kappa shape index (κ3) is 6.93. The van der Waals surface area contributed by atoms with E-state index >= 15 is 0 Å². The zero-order valence-electron chi connectivity index (χ0n) is 23.0. The minimum absolute atomic E-state index is 0.477. The first-order valence-electron chi connectivity index (χ1n) is 13.4. The molecule has 1 aliphatic rings. The first-order valence-corrected chi connectivity index (χ1v) is 14.6. The fraction of sp³-hybridized carbons (Fsp3) is 0.300. The fourth-order valence-corrected chi connectivity index (χ4v) is 5.57. The monoisotopic (exact) mass is 610 g/mol. The van der Waals surface area contributed by atoms with Gasteiger partial charge in [0.05, 0.1) is 42.8 Å². The molecule has 0 radical (unpaired) electrons. The molecule has 5 rings (SSSR count). The summed E-state index contributed by atoms with van der Waals surface area (Å²) < 4.78 is 15.0. The van der Waals surface area contributed by atoms with E-state index in [2.05, 4.69) is 10.2 Å². The van der Waals surface area contributed by atoms with E-state index in [0.29, 0.717) is 50.9 Å². The van der Waals surface area contributed by atoms with Gasteiger partial charge in [-0.2, -0.15) is 14.9 Å². The summed E-state index contributed by atoms with van der Waals surface area (Å²) in [6.45, 7) is 2.69. The summed E-state index contributed by atoms with van der Waals surface area (Å²) in [5.41, 5.74) is 3.36. The molecule has 1 aromatic heterocycles. The molecule has 214 valence electrons. The Morgan fingerprint density at radius 3 is 2.41 bits per heavy atom. The number of piperidine rings is 1. The average Bonchev–Trinajstić information content (AvgIpc) is 3.28. The third-order valence-electron chi connectivity index (χ3n) is 6.98. The molecule has 0 spiro atoms. The van der Waals surface area contributed by atoms with Gasteiger partial charge in [-0.05, 0) is 85.7 Å². The molecular weight excluding hydrogens is 579 g/mol. The van der Waals surface area contributed by atoms with Crippen LogP contribution in [-0.4, -0.2) is 52.9 Å². The second-order valence-electron chi connectivity index (χ2n) is 9.74. The largest absolute Gasteiger partial charge is 0.493 e. The summed E-state index contributed by atoms with van der Waals surface area (Å²) in [5.74, 6) is 1.99. The van der Waals surface area contributed by atoms with E-state index in [1.807, 2.05) is 53.2 Å². The topological polar surface area (TPSA) is 68.8 Å². The third-order valence-corrected chi connectivity index (χ3v) is 8.00. The Balaban J connectivity index is 1.50. The maximum Gasteiger partial charge on any atom is 0.220 e. The van der Waals surface area contributed by atoms with Crippen molar-refractivity contribution in [2.75, 3.05) is 32.6 Å². The van der Waals surface area contributed by atoms with Crippen LogP contribution in [0.4, 0.5) is 11.4 Å². The van der Waals surface area contributed by atoms with Crippen molar-refractivity contribution in [2.24, 2.45) is 5.10 Å². The van der Waals surface area contributed by atoms with Gasteiger partial charge in [0.2, 0.25) is 4.77 Å². The molecule has 0 bridgehead atoms. The van der Waals surface area contributed by atoms with Crippen LogP contribution in [0.15, 0.2) is 65.8 Å². The number of rotatable bonds is 10. The van der Waals surface area contributed by atoms with E-state index in [-0.39, 0.29) is 0 Å². The Morgan fingerprint density at radius 1 is 0.951 bits per heavy atom. The Hall–Kier alpha value is -3.37. The quantitative estimate of drug-likeness (QED) is 0.149. The van der Waals surface area contributed by atoms with Gasteiger partial charge < -0.3 is 14.8 Å². The number of nitrogens with zero attached hydrogens (tertiary/aromatic N) is 5. The number of hydrogen-bond acceptors (Lipinski definition) is 7. The van der Waals surface area contributed by atoms with Gasteiger partial charge in [0.1, 0.15) is 0 Å². The van der Waals surface area contributed by atoms with Crippen LogP contribution >= 0.6 is 35.4 Å². The Morgan fingerprint density at radius 2 is 1.68 bits per heavy atom. The normalized spacial score (nSPS) is 14.0. The van der Waals surface area contributed by atoms with Crippen molar-refractivity contribution < 1.29 is 9.47 Å². The van der Waals surface area contributed by atoms with Gasteiger partial charge in [0.15, 0.2) is 17.3 Å². The minimum atomic E-state index is 0.477. The van der Waals surface area contributed by atoms with E-state index < -0.39 is 0 Å². The van der Waals surface area contributed by atoms with Crippen LogP contribution < -0.4 is 14.8 Å². The number of benzene rings is 3. The highest BCUT2D eigenvalue weighted by atomic mass is 35.5. The molecule has 3 aromatic carbocycles. The van der Waals surface area contributed by atoms with Gasteiger partial charge in [-0.3, -0.25) is 4.90 Å². The number of nitrogens with one attached hydrogen (secondary N) is 1. The summed E-state index contributed by atoms with van der Waals surface area (Å²) in [6, 6.07) is 19.1. The number of anilines is 2. The smallest absolute Gasteiger partial charge is 0.220 e. The van der Waals surface area contributed by atoms with Crippen LogP contribution in [0.25, 0.3) is 0 Å². The van der Waals surface area contributed by atoms with Crippen LogP contribution in [0, 0.1) is 4.77 Å².